The van der Waals surface area contributed by atoms with Crippen LogP contribution in [-0.2, 0) is 11.3 Å². The van der Waals surface area contributed by atoms with Crippen molar-refractivity contribution in [2.45, 2.75) is 18.5 Å². The fourth-order valence-electron chi connectivity index (χ4n) is 1.04. The highest BCUT2D eigenvalue weighted by atomic mass is 35.5. The summed E-state index contributed by atoms with van der Waals surface area (Å²) in [5, 5.41) is 19.5. The fourth-order valence-corrected chi connectivity index (χ4v) is 1.16. The van der Waals surface area contributed by atoms with Gasteiger partial charge in [0.2, 0.25) is 0 Å². The maximum Gasteiger partial charge on any atom is 0.453 e. The van der Waals surface area contributed by atoms with Gasteiger partial charge >= 0.3 is 12.0 Å². The normalized spacial score (nSPS) is 12.3. The average Bonchev–Trinajstić information content (AvgIpc) is 2.26. The van der Waals surface area contributed by atoms with Crippen molar-refractivity contribution >= 4 is 17.5 Å². The third-order valence-corrected chi connectivity index (χ3v) is 2.33. The second-order valence-corrected chi connectivity index (χ2v) is 3.92. The highest BCUT2D eigenvalue weighted by molar-refractivity contribution is 6.30. The lowest BCUT2D eigenvalue weighted by molar-refractivity contribution is -0.328. The van der Waals surface area contributed by atoms with Crippen LogP contribution in [-0.4, -0.2) is 28.1 Å². The van der Waals surface area contributed by atoms with Gasteiger partial charge in [0.15, 0.2) is 0 Å². The minimum atomic E-state index is -5.46. The van der Waals surface area contributed by atoms with Gasteiger partial charge in [-0.15, -0.1) is 0 Å². The molecule has 0 aliphatic rings. The van der Waals surface area contributed by atoms with E-state index in [1.807, 2.05) is 0 Å². The van der Waals surface area contributed by atoms with Gasteiger partial charge in [-0.05, 0) is 17.7 Å². The lowest BCUT2D eigenvalue weighted by Gasteiger charge is -2.23. The summed E-state index contributed by atoms with van der Waals surface area (Å²) in [5.41, 5.74) is 0.464. The maximum atomic E-state index is 12.1. The van der Waals surface area contributed by atoms with E-state index in [0.29, 0.717) is 10.6 Å². The summed E-state index contributed by atoms with van der Waals surface area (Å²) >= 11 is 5.59. The highest BCUT2D eigenvalue weighted by Crippen LogP contribution is 2.28. The monoisotopic (exact) mass is 283 g/mol. The van der Waals surface area contributed by atoms with Crippen molar-refractivity contribution in [3.63, 3.8) is 0 Å². The van der Waals surface area contributed by atoms with Gasteiger partial charge in [-0.3, -0.25) is 4.79 Å². The second kappa shape index (κ2) is 5.13. The molecule has 0 saturated heterocycles. The number of carbonyl (C=O) groups is 1. The molecule has 0 aliphatic heterocycles. The molecule has 0 fully saturated rings. The summed E-state index contributed by atoms with van der Waals surface area (Å²) in [7, 11) is 0. The predicted octanol–water partition coefficient (Wildman–Crippen LogP) is 1.20. The number of rotatable bonds is 3. The molecule has 18 heavy (non-hydrogen) atoms. The molecule has 100 valence electrons. The standard InChI is InChI=1S/C10H9ClF3NO3/c11-7-3-1-6(2-4-7)5-15-8(16)9(17,18)10(12,13)14/h1-4,17-18H,5H2,(H,15,16). The number of hydrogen-bond acceptors (Lipinski definition) is 3. The highest BCUT2D eigenvalue weighted by Gasteiger charge is 2.58. The molecule has 0 saturated carbocycles. The van der Waals surface area contributed by atoms with Gasteiger partial charge in [0.1, 0.15) is 0 Å². The third-order valence-electron chi connectivity index (χ3n) is 2.08. The quantitative estimate of drug-likeness (QED) is 0.730. The number of nitrogens with one attached hydrogen (secondary N) is 1. The zero-order valence-corrected chi connectivity index (χ0v) is 9.59. The number of carbonyl (C=O) groups excluding carboxylic acids is 1. The minimum absolute atomic E-state index is 0.283. The van der Waals surface area contributed by atoms with Gasteiger partial charge in [0.05, 0.1) is 0 Å². The summed E-state index contributed by atoms with van der Waals surface area (Å²) in [4.78, 5) is 11.0. The molecule has 3 N–H and O–H groups in total. The van der Waals surface area contributed by atoms with Crippen LogP contribution in [0, 0.1) is 0 Å². The first kappa shape index (κ1) is 14.7. The molecule has 1 rings (SSSR count). The van der Waals surface area contributed by atoms with Gasteiger partial charge < -0.3 is 15.5 Å². The fraction of sp³-hybridized carbons (Fsp3) is 0.300. The number of alkyl halides is 3. The van der Waals surface area contributed by atoms with Crippen LogP contribution in [0.4, 0.5) is 13.2 Å². The molecule has 1 aromatic carbocycles. The Kier molecular flexibility index (Phi) is 4.20. The Morgan fingerprint density at radius 1 is 1.22 bits per heavy atom. The number of aliphatic hydroxyl groups is 2. The largest absolute Gasteiger partial charge is 0.453 e. The van der Waals surface area contributed by atoms with Crippen molar-refractivity contribution in [1.82, 2.24) is 5.32 Å². The first-order valence-electron chi connectivity index (χ1n) is 4.69. The van der Waals surface area contributed by atoms with Gasteiger partial charge in [0.25, 0.3) is 5.91 Å². The molecule has 0 spiro atoms. The van der Waals surface area contributed by atoms with Crippen LogP contribution >= 0.6 is 11.6 Å². The molecule has 0 bridgehead atoms. The van der Waals surface area contributed by atoms with Gasteiger partial charge in [-0.25, -0.2) is 0 Å². The molecule has 1 amide bonds. The number of benzene rings is 1. The summed E-state index contributed by atoms with van der Waals surface area (Å²) in [6.45, 7) is -0.283. The van der Waals surface area contributed by atoms with Gasteiger partial charge in [-0.2, -0.15) is 13.2 Å². The number of halogens is 4. The lowest BCUT2D eigenvalue weighted by Crippen LogP contribution is -2.56. The van der Waals surface area contributed by atoms with E-state index in [4.69, 9.17) is 21.8 Å². The molecule has 8 heteroatoms. The molecular formula is C10H9ClF3NO3. The van der Waals surface area contributed by atoms with Crippen molar-refractivity contribution in [3.05, 3.63) is 34.9 Å². The Morgan fingerprint density at radius 3 is 2.17 bits per heavy atom. The Morgan fingerprint density at radius 2 is 1.72 bits per heavy atom. The first-order chi connectivity index (χ1) is 8.14. The molecular weight excluding hydrogens is 275 g/mol. The predicted molar refractivity (Wildman–Crippen MR) is 56.5 cm³/mol. The van der Waals surface area contributed by atoms with Crippen LogP contribution in [0.15, 0.2) is 24.3 Å². The number of hydrogen-bond donors (Lipinski definition) is 3. The van der Waals surface area contributed by atoms with E-state index >= 15 is 0 Å². The van der Waals surface area contributed by atoms with Gasteiger partial charge in [-0.1, -0.05) is 23.7 Å². The van der Waals surface area contributed by atoms with E-state index in [2.05, 4.69) is 0 Å². The van der Waals surface area contributed by atoms with E-state index in [9.17, 15) is 18.0 Å². The molecule has 1 aromatic rings. The Labute approximate surface area is 105 Å². The Bertz CT molecular complexity index is 431. The molecule has 0 aromatic heterocycles. The van der Waals surface area contributed by atoms with Crippen LogP contribution < -0.4 is 5.32 Å². The second-order valence-electron chi connectivity index (χ2n) is 3.48. The maximum absolute atomic E-state index is 12.1. The summed E-state index contributed by atoms with van der Waals surface area (Å²) < 4.78 is 36.3. The van der Waals surface area contributed by atoms with Crippen LogP contribution in [0.5, 0.6) is 0 Å². The van der Waals surface area contributed by atoms with Crippen molar-refractivity contribution in [2.24, 2.45) is 0 Å². The van der Waals surface area contributed by atoms with Crippen LogP contribution in [0.2, 0.25) is 5.02 Å². The molecule has 0 radical (unpaired) electrons. The smallest absolute Gasteiger partial charge is 0.351 e. The topological polar surface area (TPSA) is 69.6 Å². The first-order valence-corrected chi connectivity index (χ1v) is 5.06. The Hall–Kier alpha value is -1.31. The van der Waals surface area contributed by atoms with Crippen molar-refractivity contribution in [2.75, 3.05) is 0 Å². The molecule has 0 heterocycles. The average molecular weight is 284 g/mol. The van der Waals surface area contributed by atoms with Crippen LogP contribution in [0.3, 0.4) is 0 Å². The SMILES string of the molecule is O=C(NCc1ccc(Cl)cc1)C(O)(O)C(F)(F)F. The zero-order chi connectivity index (χ0) is 14.0. The van der Waals surface area contributed by atoms with Gasteiger partial charge in [0, 0.05) is 11.6 Å². The summed E-state index contributed by atoms with van der Waals surface area (Å²) in [6, 6.07) is 5.93. The van der Waals surface area contributed by atoms with Crippen molar-refractivity contribution < 1.29 is 28.2 Å². The van der Waals surface area contributed by atoms with E-state index < -0.39 is 17.9 Å². The van der Waals surface area contributed by atoms with Crippen LogP contribution in [0.1, 0.15) is 5.56 Å². The zero-order valence-electron chi connectivity index (χ0n) is 8.83. The molecule has 0 aliphatic carbocycles. The molecule has 0 unspecified atom stereocenters. The lowest BCUT2D eigenvalue weighted by atomic mass is 10.2. The Balaban J connectivity index is 2.64. The molecule has 0 atom stereocenters. The third kappa shape index (κ3) is 3.34. The summed E-state index contributed by atoms with van der Waals surface area (Å²) in [6.07, 6.45) is -5.46. The summed E-state index contributed by atoms with van der Waals surface area (Å²) in [5.74, 6) is -6.34. The minimum Gasteiger partial charge on any atom is -0.351 e. The van der Waals surface area contributed by atoms with Crippen molar-refractivity contribution in [1.29, 1.82) is 0 Å². The number of amides is 1. The van der Waals surface area contributed by atoms with E-state index in [-0.39, 0.29) is 6.54 Å². The van der Waals surface area contributed by atoms with E-state index in [0.717, 1.165) is 0 Å². The van der Waals surface area contributed by atoms with E-state index in [1.165, 1.54) is 24.3 Å². The van der Waals surface area contributed by atoms with E-state index in [1.54, 1.807) is 5.32 Å². The van der Waals surface area contributed by atoms with Crippen molar-refractivity contribution in [3.8, 4) is 0 Å². The van der Waals surface area contributed by atoms with Crippen LogP contribution in [0.25, 0.3) is 0 Å². The molecule has 4 nitrogen and oxygen atoms in total.